The normalized spacial score (nSPS) is 14.3. The molecule has 37 heavy (non-hydrogen) atoms. The molecule has 1 fully saturated rings. The molecule has 0 atom stereocenters. The van der Waals surface area contributed by atoms with Crippen LogP contribution in [-0.2, 0) is 16.2 Å². The quantitative estimate of drug-likeness (QED) is 0.313. The van der Waals surface area contributed by atoms with Gasteiger partial charge in [-0.05, 0) is 94.1 Å². The van der Waals surface area contributed by atoms with Gasteiger partial charge in [0.15, 0.2) is 11.5 Å². The van der Waals surface area contributed by atoms with E-state index in [9.17, 15) is 14.4 Å². The molecule has 1 N–H and O–H groups in total. The second kappa shape index (κ2) is 11.7. The number of amides is 3. The molecule has 4 rings (SSSR count). The number of anilines is 1. The van der Waals surface area contributed by atoms with Gasteiger partial charge in [0.05, 0.1) is 16.5 Å². The Morgan fingerprint density at radius 2 is 1.76 bits per heavy atom. The van der Waals surface area contributed by atoms with Gasteiger partial charge in [-0.15, -0.1) is 0 Å². The molecule has 9 heteroatoms. The van der Waals surface area contributed by atoms with Gasteiger partial charge >= 0.3 is 0 Å². The van der Waals surface area contributed by atoms with E-state index in [1.807, 2.05) is 62.4 Å². The number of methoxy groups -OCH3 is 1. The highest BCUT2D eigenvalue weighted by Gasteiger charge is 2.36. The Labute approximate surface area is 228 Å². The lowest BCUT2D eigenvalue weighted by atomic mass is 10.1. The van der Waals surface area contributed by atoms with Crippen LogP contribution in [0.15, 0.2) is 70.0 Å². The van der Waals surface area contributed by atoms with Crippen LogP contribution in [-0.4, -0.2) is 35.6 Å². The number of thioether (sulfide) groups is 1. The second-order valence-corrected chi connectivity index (χ2v) is 10.3. The maximum atomic E-state index is 13.0. The number of nitrogens with zero attached hydrogens (tertiary/aromatic N) is 1. The third-order valence-corrected chi connectivity index (χ3v) is 6.95. The number of halogens is 1. The van der Waals surface area contributed by atoms with Gasteiger partial charge in [-0.3, -0.25) is 19.3 Å². The third kappa shape index (κ3) is 6.61. The number of ether oxygens (including phenoxy) is 2. The smallest absolute Gasteiger partial charge is 0.294 e. The molecule has 7 nitrogen and oxygen atoms in total. The van der Waals surface area contributed by atoms with E-state index in [4.69, 9.17) is 9.47 Å². The Hall–Kier alpha value is -3.56. The van der Waals surface area contributed by atoms with E-state index in [1.54, 1.807) is 18.2 Å². The van der Waals surface area contributed by atoms with E-state index in [-0.39, 0.29) is 11.4 Å². The first kappa shape index (κ1) is 26.5. The summed E-state index contributed by atoms with van der Waals surface area (Å²) in [6.07, 6.45) is 1.60. The minimum absolute atomic E-state index is 0.219. The van der Waals surface area contributed by atoms with Gasteiger partial charge in [-0.1, -0.05) is 36.4 Å². The first-order valence-electron chi connectivity index (χ1n) is 11.4. The number of benzene rings is 3. The summed E-state index contributed by atoms with van der Waals surface area (Å²) in [6, 6.07) is 18.9. The standard InChI is InChI=1S/C28H25BrN2O5S/c1-17-9-18(2)11-21(10-17)30-25(32)15-31-27(33)24(37-28(31)34)14-20-12-22(29)26(23(13-20)35-3)36-16-19-7-5-4-6-8-19/h4-14H,15-16H2,1-3H3,(H,30,32)/b24-14+. The van der Waals surface area contributed by atoms with Crippen molar-refractivity contribution in [1.82, 2.24) is 4.90 Å². The van der Waals surface area contributed by atoms with Gasteiger partial charge in [0.1, 0.15) is 13.2 Å². The zero-order chi connectivity index (χ0) is 26.5. The predicted molar refractivity (Wildman–Crippen MR) is 149 cm³/mol. The highest BCUT2D eigenvalue weighted by atomic mass is 79.9. The lowest BCUT2D eigenvalue weighted by Crippen LogP contribution is -2.36. The fourth-order valence-electron chi connectivity index (χ4n) is 3.87. The van der Waals surface area contributed by atoms with E-state index < -0.39 is 17.1 Å². The van der Waals surface area contributed by atoms with Crippen molar-refractivity contribution in [3.63, 3.8) is 0 Å². The van der Waals surface area contributed by atoms with Crippen LogP contribution in [0.3, 0.4) is 0 Å². The Morgan fingerprint density at radius 1 is 1.05 bits per heavy atom. The van der Waals surface area contributed by atoms with Crippen molar-refractivity contribution < 1.29 is 23.9 Å². The van der Waals surface area contributed by atoms with Crippen molar-refractivity contribution in [3.8, 4) is 11.5 Å². The SMILES string of the molecule is COc1cc(/C=C2/SC(=O)N(CC(=O)Nc3cc(C)cc(C)c3)C2=O)cc(Br)c1OCc1ccccc1. The van der Waals surface area contributed by atoms with E-state index in [0.717, 1.165) is 33.4 Å². The predicted octanol–water partition coefficient (Wildman–Crippen LogP) is 6.33. The summed E-state index contributed by atoms with van der Waals surface area (Å²) in [5.74, 6) is 0.0335. The molecule has 0 aromatic heterocycles. The largest absolute Gasteiger partial charge is 0.493 e. The lowest BCUT2D eigenvalue weighted by molar-refractivity contribution is -0.127. The Balaban J connectivity index is 1.47. The maximum Gasteiger partial charge on any atom is 0.294 e. The van der Waals surface area contributed by atoms with Crippen molar-refractivity contribution >= 4 is 56.5 Å². The van der Waals surface area contributed by atoms with Crippen molar-refractivity contribution in [3.05, 3.63) is 92.3 Å². The lowest BCUT2D eigenvalue weighted by Gasteiger charge is -2.14. The van der Waals surface area contributed by atoms with Crippen LogP contribution < -0.4 is 14.8 Å². The van der Waals surface area contributed by atoms with Crippen LogP contribution in [0.2, 0.25) is 0 Å². The van der Waals surface area contributed by atoms with Crippen molar-refractivity contribution in [1.29, 1.82) is 0 Å². The number of hydrogen-bond donors (Lipinski definition) is 1. The number of aryl methyl sites for hydroxylation is 2. The summed E-state index contributed by atoms with van der Waals surface area (Å²) in [4.78, 5) is 39.2. The summed E-state index contributed by atoms with van der Waals surface area (Å²) in [5.41, 5.74) is 4.28. The molecule has 1 saturated heterocycles. The highest BCUT2D eigenvalue weighted by Crippen LogP contribution is 2.39. The molecule has 0 bridgehead atoms. The van der Waals surface area contributed by atoms with Gasteiger partial charge < -0.3 is 14.8 Å². The molecular formula is C28H25BrN2O5S. The monoisotopic (exact) mass is 580 g/mol. The molecular weight excluding hydrogens is 556 g/mol. The van der Waals surface area contributed by atoms with Gasteiger partial charge in [0, 0.05) is 5.69 Å². The molecule has 1 aliphatic rings. The fourth-order valence-corrected chi connectivity index (χ4v) is 5.28. The number of imide groups is 1. The van der Waals surface area contributed by atoms with Gasteiger partial charge in [-0.2, -0.15) is 0 Å². The van der Waals surface area contributed by atoms with Gasteiger partial charge in [-0.25, -0.2) is 0 Å². The topological polar surface area (TPSA) is 84.9 Å². The zero-order valence-corrected chi connectivity index (χ0v) is 22.9. The van der Waals surface area contributed by atoms with Crippen molar-refractivity contribution in [2.45, 2.75) is 20.5 Å². The summed E-state index contributed by atoms with van der Waals surface area (Å²) >= 11 is 4.31. The molecule has 0 unspecified atom stereocenters. The molecule has 3 aromatic rings. The molecule has 3 aromatic carbocycles. The summed E-state index contributed by atoms with van der Waals surface area (Å²) in [5, 5.41) is 2.26. The molecule has 1 aliphatic heterocycles. The summed E-state index contributed by atoms with van der Waals surface area (Å²) in [6.45, 7) is 3.85. The van der Waals surface area contributed by atoms with E-state index in [0.29, 0.717) is 33.8 Å². The zero-order valence-electron chi connectivity index (χ0n) is 20.5. The second-order valence-electron chi connectivity index (χ2n) is 8.50. The molecule has 0 spiro atoms. The fraction of sp³-hybridized carbons (Fsp3) is 0.179. The van der Waals surface area contributed by atoms with Crippen LogP contribution >= 0.6 is 27.7 Å². The minimum Gasteiger partial charge on any atom is -0.493 e. The molecule has 190 valence electrons. The van der Waals surface area contributed by atoms with Crippen LogP contribution in [0.4, 0.5) is 10.5 Å². The molecule has 0 aliphatic carbocycles. The number of rotatable bonds is 8. The van der Waals surface area contributed by atoms with Crippen molar-refractivity contribution in [2.75, 3.05) is 19.0 Å². The summed E-state index contributed by atoms with van der Waals surface area (Å²) < 4.78 is 12.1. The maximum absolute atomic E-state index is 13.0. The van der Waals surface area contributed by atoms with Crippen molar-refractivity contribution in [2.24, 2.45) is 0 Å². The van der Waals surface area contributed by atoms with Crippen LogP contribution in [0, 0.1) is 13.8 Å². The Morgan fingerprint density at radius 3 is 2.43 bits per heavy atom. The average Bonchev–Trinajstić information content (AvgIpc) is 3.10. The van der Waals surface area contributed by atoms with E-state index in [1.165, 1.54) is 7.11 Å². The van der Waals surface area contributed by atoms with Crippen LogP contribution in [0.5, 0.6) is 11.5 Å². The van der Waals surface area contributed by atoms with Crippen LogP contribution in [0.25, 0.3) is 6.08 Å². The number of hydrogen-bond acceptors (Lipinski definition) is 6. The van der Waals surface area contributed by atoms with Gasteiger partial charge in [0.25, 0.3) is 11.1 Å². The molecule has 0 radical (unpaired) electrons. The minimum atomic E-state index is -0.523. The molecule has 1 heterocycles. The average molecular weight is 581 g/mol. The third-order valence-electron chi connectivity index (χ3n) is 5.46. The molecule has 0 saturated carbocycles. The number of nitrogens with one attached hydrogen (secondary N) is 1. The number of carbonyl (C=O) groups is 3. The van der Waals surface area contributed by atoms with E-state index in [2.05, 4.69) is 21.2 Å². The first-order chi connectivity index (χ1) is 17.7. The van der Waals surface area contributed by atoms with Crippen LogP contribution in [0.1, 0.15) is 22.3 Å². The first-order valence-corrected chi connectivity index (χ1v) is 13.0. The molecule has 3 amide bonds. The Bertz CT molecular complexity index is 1370. The van der Waals surface area contributed by atoms with Gasteiger partial charge in [0.2, 0.25) is 5.91 Å². The number of carbonyl (C=O) groups excluding carboxylic acids is 3. The highest BCUT2D eigenvalue weighted by molar-refractivity contribution is 9.10. The Kier molecular flexibility index (Phi) is 8.35. The summed E-state index contributed by atoms with van der Waals surface area (Å²) in [7, 11) is 1.53. The van der Waals surface area contributed by atoms with E-state index >= 15 is 0 Å².